The second kappa shape index (κ2) is 9.96. The SMILES string of the molecule is Cc1nn(C)c(C)c1CC(C)NC(=NCc1ccccc1)NCCc1ccco1. The first-order chi connectivity index (χ1) is 14.0. The number of furan rings is 1. The third-order valence-electron chi connectivity index (χ3n) is 5.06. The van der Waals surface area contributed by atoms with E-state index < -0.39 is 0 Å². The van der Waals surface area contributed by atoms with Crippen LogP contribution in [0, 0.1) is 13.8 Å². The second-order valence-corrected chi connectivity index (χ2v) is 7.43. The lowest BCUT2D eigenvalue weighted by atomic mass is 10.1. The lowest BCUT2D eigenvalue weighted by Gasteiger charge is -2.19. The number of aliphatic imine (C=N–C) groups is 1. The van der Waals surface area contributed by atoms with Gasteiger partial charge in [-0.25, -0.2) is 4.99 Å². The van der Waals surface area contributed by atoms with Crippen molar-refractivity contribution in [1.82, 2.24) is 20.4 Å². The molecule has 0 saturated carbocycles. The Bertz CT molecular complexity index is 912. The van der Waals surface area contributed by atoms with Crippen molar-refractivity contribution in [1.29, 1.82) is 0 Å². The average Bonchev–Trinajstić information content (AvgIpc) is 3.31. The van der Waals surface area contributed by atoms with Crippen molar-refractivity contribution in [3.63, 3.8) is 0 Å². The number of guanidine groups is 1. The zero-order valence-electron chi connectivity index (χ0n) is 17.8. The standard InChI is InChI=1S/C23H31N5O/c1-17(15-22-18(2)27-28(4)19(22)3)26-23(24-13-12-21-11-8-14-29-21)25-16-20-9-6-5-7-10-20/h5-11,14,17H,12-13,15-16H2,1-4H3,(H2,24,25,26). The van der Waals surface area contributed by atoms with E-state index in [1.54, 1.807) is 6.26 Å². The van der Waals surface area contributed by atoms with Crippen LogP contribution in [0.2, 0.25) is 0 Å². The van der Waals surface area contributed by atoms with Crippen LogP contribution in [0.15, 0.2) is 58.1 Å². The topological polar surface area (TPSA) is 67.4 Å². The van der Waals surface area contributed by atoms with Gasteiger partial charge in [0.1, 0.15) is 5.76 Å². The molecule has 1 unspecified atom stereocenters. The Balaban J connectivity index is 1.64. The van der Waals surface area contributed by atoms with Crippen LogP contribution in [0.5, 0.6) is 0 Å². The molecule has 0 aliphatic heterocycles. The van der Waals surface area contributed by atoms with Gasteiger partial charge in [-0.1, -0.05) is 30.3 Å². The molecular formula is C23H31N5O. The van der Waals surface area contributed by atoms with E-state index in [4.69, 9.17) is 9.41 Å². The van der Waals surface area contributed by atoms with Gasteiger partial charge in [-0.05, 0) is 50.5 Å². The summed E-state index contributed by atoms with van der Waals surface area (Å²) in [5.74, 6) is 1.78. The van der Waals surface area contributed by atoms with Crippen LogP contribution in [0.3, 0.4) is 0 Å². The van der Waals surface area contributed by atoms with E-state index in [9.17, 15) is 0 Å². The summed E-state index contributed by atoms with van der Waals surface area (Å²) < 4.78 is 7.37. The monoisotopic (exact) mass is 393 g/mol. The summed E-state index contributed by atoms with van der Waals surface area (Å²) in [6.45, 7) is 7.76. The zero-order valence-corrected chi connectivity index (χ0v) is 17.8. The van der Waals surface area contributed by atoms with Crippen LogP contribution < -0.4 is 10.6 Å². The fraction of sp³-hybridized carbons (Fsp3) is 0.391. The number of nitrogens with one attached hydrogen (secondary N) is 2. The third kappa shape index (κ3) is 5.98. The molecule has 0 radical (unpaired) electrons. The maximum atomic E-state index is 5.42. The van der Waals surface area contributed by atoms with Gasteiger partial charge in [-0.15, -0.1) is 0 Å². The maximum absolute atomic E-state index is 5.42. The van der Waals surface area contributed by atoms with E-state index in [0.717, 1.165) is 36.8 Å². The van der Waals surface area contributed by atoms with Gasteiger partial charge < -0.3 is 15.1 Å². The average molecular weight is 394 g/mol. The highest BCUT2D eigenvalue weighted by molar-refractivity contribution is 5.80. The molecule has 1 atom stereocenters. The lowest BCUT2D eigenvalue weighted by molar-refractivity contribution is 0.506. The lowest BCUT2D eigenvalue weighted by Crippen LogP contribution is -2.44. The van der Waals surface area contributed by atoms with Crippen molar-refractivity contribution >= 4 is 5.96 Å². The Kier molecular flexibility index (Phi) is 7.11. The zero-order chi connectivity index (χ0) is 20.6. The van der Waals surface area contributed by atoms with Crippen molar-refractivity contribution in [2.24, 2.45) is 12.0 Å². The van der Waals surface area contributed by atoms with E-state index in [1.165, 1.54) is 16.8 Å². The molecule has 0 aliphatic rings. The van der Waals surface area contributed by atoms with Crippen molar-refractivity contribution in [3.05, 3.63) is 77.0 Å². The largest absolute Gasteiger partial charge is 0.469 e. The molecule has 6 nitrogen and oxygen atoms in total. The minimum atomic E-state index is 0.224. The molecule has 3 aromatic rings. The van der Waals surface area contributed by atoms with Crippen LogP contribution in [-0.4, -0.2) is 28.3 Å². The maximum Gasteiger partial charge on any atom is 0.191 e. The summed E-state index contributed by atoms with van der Waals surface area (Å²) in [6.07, 6.45) is 3.42. The Labute approximate surface area is 173 Å². The van der Waals surface area contributed by atoms with Crippen molar-refractivity contribution in [2.75, 3.05) is 6.54 Å². The molecule has 2 aromatic heterocycles. The van der Waals surface area contributed by atoms with Crippen molar-refractivity contribution in [2.45, 2.75) is 46.2 Å². The first-order valence-electron chi connectivity index (χ1n) is 10.1. The first kappa shape index (κ1) is 20.7. The highest BCUT2D eigenvalue weighted by atomic mass is 16.3. The van der Waals surface area contributed by atoms with Gasteiger partial charge in [-0.2, -0.15) is 5.10 Å². The van der Waals surface area contributed by atoms with Gasteiger partial charge >= 0.3 is 0 Å². The molecule has 0 amide bonds. The number of hydrogen-bond donors (Lipinski definition) is 2. The molecule has 1 aromatic carbocycles. The second-order valence-electron chi connectivity index (χ2n) is 7.43. The van der Waals surface area contributed by atoms with Crippen molar-refractivity contribution in [3.8, 4) is 0 Å². The third-order valence-corrected chi connectivity index (χ3v) is 5.06. The van der Waals surface area contributed by atoms with Crippen LogP contribution in [0.1, 0.15) is 35.2 Å². The number of aryl methyl sites for hydroxylation is 2. The summed E-state index contributed by atoms with van der Waals surface area (Å²) >= 11 is 0. The molecule has 0 aliphatic carbocycles. The molecule has 0 spiro atoms. The fourth-order valence-electron chi connectivity index (χ4n) is 3.37. The predicted molar refractivity (Wildman–Crippen MR) is 117 cm³/mol. The van der Waals surface area contributed by atoms with E-state index in [0.29, 0.717) is 6.54 Å². The molecule has 0 saturated heterocycles. The number of benzene rings is 1. The first-order valence-corrected chi connectivity index (χ1v) is 10.1. The van der Waals surface area contributed by atoms with Gasteiger partial charge in [0.15, 0.2) is 5.96 Å². The van der Waals surface area contributed by atoms with Gasteiger partial charge in [0, 0.05) is 31.7 Å². The van der Waals surface area contributed by atoms with Crippen LogP contribution in [0.25, 0.3) is 0 Å². The van der Waals surface area contributed by atoms with E-state index in [2.05, 4.69) is 48.6 Å². The summed E-state index contributed by atoms with van der Waals surface area (Å²) in [5.41, 5.74) is 4.79. The van der Waals surface area contributed by atoms with Gasteiger partial charge in [-0.3, -0.25) is 4.68 Å². The predicted octanol–water partition coefficient (Wildman–Crippen LogP) is 3.54. The van der Waals surface area contributed by atoms with Crippen LogP contribution in [0.4, 0.5) is 0 Å². The van der Waals surface area contributed by atoms with Crippen LogP contribution in [-0.2, 0) is 26.4 Å². The van der Waals surface area contributed by atoms with Crippen LogP contribution >= 0.6 is 0 Å². The molecule has 0 fully saturated rings. The summed E-state index contributed by atoms with van der Waals surface area (Å²) in [7, 11) is 1.99. The molecule has 29 heavy (non-hydrogen) atoms. The Morgan fingerprint density at radius 1 is 1.17 bits per heavy atom. The van der Waals surface area contributed by atoms with Gasteiger partial charge in [0.25, 0.3) is 0 Å². The molecule has 154 valence electrons. The van der Waals surface area contributed by atoms with E-state index >= 15 is 0 Å². The van der Waals surface area contributed by atoms with Gasteiger partial charge in [0.05, 0.1) is 18.5 Å². The summed E-state index contributed by atoms with van der Waals surface area (Å²) in [5, 5.41) is 11.5. The minimum Gasteiger partial charge on any atom is -0.469 e. The molecule has 6 heteroatoms. The number of rotatable bonds is 8. The number of aromatic nitrogens is 2. The smallest absolute Gasteiger partial charge is 0.191 e. The molecule has 2 heterocycles. The Hall–Kier alpha value is -3.02. The van der Waals surface area contributed by atoms with Crippen molar-refractivity contribution < 1.29 is 4.42 Å². The molecule has 3 rings (SSSR count). The quantitative estimate of drug-likeness (QED) is 0.454. The normalized spacial score (nSPS) is 12.8. The van der Waals surface area contributed by atoms with E-state index in [-0.39, 0.29) is 6.04 Å². The highest BCUT2D eigenvalue weighted by Crippen LogP contribution is 2.14. The molecule has 0 bridgehead atoms. The molecule has 2 N–H and O–H groups in total. The number of nitrogens with zero attached hydrogens (tertiary/aromatic N) is 3. The Morgan fingerprint density at radius 3 is 2.62 bits per heavy atom. The minimum absolute atomic E-state index is 0.224. The summed E-state index contributed by atoms with van der Waals surface area (Å²) in [6, 6.07) is 14.4. The highest BCUT2D eigenvalue weighted by Gasteiger charge is 2.14. The molecular weight excluding hydrogens is 362 g/mol. The summed E-state index contributed by atoms with van der Waals surface area (Å²) in [4.78, 5) is 4.79. The Morgan fingerprint density at radius 2 is 1.97 bits per heavy atom. The fourth-order valence-corrected chi connectivity index (χ4v) is 3.37. The number of hydrogen-bond acceptors (Lipinski definition) is 3. The van der Waals surface area contributed by atoms with Gasteiger partial charge in [0.2, 0.25) is 0 Å². The van der Waals surface area contributed by atoms with E-state index in [1.807, 2.05) is 42.1 Å².